The Labute approximate surface area is 148 Å². The fourth-order valence-electron chi connectivity index (χ4n) is 2.03. The van der Waals surface area contributed by atoms with Crippen LogP contribution in [-0.4, -0.2) is 38.9 Å². The maximum atomic E-state index is 12.1. The molecule has 0 bridgehead atoms. The van der Waals surface area contributed by atoms with Crippen molar-refractivity contribution in [2.24, 2.45) is 0 Å². The molecule has 0 aliphatic rings. The van der Waals surface area contributed by atoms with Crippen LogP contribution >= 0.6 is 0 Å². The Morgan fingerprint density at radius 3 is 2.40 bits per heavy atom. The van der Waals surface area contributed by atoms with Gasteiger partial charge in [-0.3, -0.25) is 0 Å². The molecule has 0 saturated heterocycles. The van der Waals surface area contributed by atoms with Crippen LogP contribution in [0.25, 0.3) is 0 Å². The number of hydrogen-bond donors (Lipinski definition) is 0. The molecule has 2 rings (SSSR count). The summed E-state index contributed by atoms with van der Waals surface area (Å²) >= 11 is 0. The number of nitrogens with zero attached hydrogens (tertiary/aromatic N) is 1. The largest absolute Gasteiger partial charge is 0.479 e. The maximum Gasteiger partial charge on any atom is 0.347 e. The second-order valence-corrected chi connectivity index (χ2v) is 7.77. The Balaban J connectivity index is 1.98. The summed E-state index contributed by atoms with van der Waals surface area (Å²) < 4.78 is 36.1. The first-order valence-corrected chi connectivity index (χ1v) is 9.14. The predicted molar refractivity (Wildman–Crippen MR) is 93.6 cm³/mol. The molecule has 0 amide bonds. The first kappa shape index (κ1) is 19.0. The summed E-state index contributed by atoms with van der Waals surface area (Å²) in [5.41, 5.74) is 0.586. The van der Waals surface area contributed by atoms with Gasteiger partial charge < -0.3 is 9.47 Å². The highest BCUT2D eigenvalue weighted by atomic mass is 32.2. The first-order valence-electron chi connectivity index (χ1n) is 7.70. The van der Waals surface area contributed by atoms with Crippen LogP contribution in [-0.2, 0) is 26.2 Å². The van der Waals surface area contributed by atoms with Gasteiger partial charge in [-0.25, -0.2) is 17.5 Å². The minimum atomic E-state index is -3.53. The Kier molecular flexibility index (Phi) is 6.17. The zero-order chi connectivity index (χ0) is 18.4. The third-order valence-electron chi connectivity index (χ3n) is 3.45. The van der Waals surface area contributed by atoms with Crippen LogP contribution in [0.4, 0.5) is 0 Å². The SMILES string of the molecule is C[C@H](Oc1ccccc1)C(=O)OCc1cccc(S(=O)(=O)N(C)C)c1. The molecule has 0 radical (unpaired) electrons. The average Bonchev–Trinajstić information content (AvgIpc) is 2.60. The van der Waals surface area contributed by atoms with E-state index in [1.54, 1.807) is 31.2 Å². The molecule has 0 aromatic heterocycles. The van der Waals surface area contributed by atoms with Crippen molar-refractivity contribution in [3.8, 4) is 5.75 Å². The molecule has 25 heavy (non-hydrogen) atoms. The van der Waals surface area contributed by atoms with Gasteiger partial charge in [0.2, 0.25) is 10.0 Å². The van der Waals surface area contributed by atoms with Crippen molar-refractivity contribution in [3.63, 3.8) is 0 Å². The lowest BCUT2D eigenvalue weighted by molar-refractivity contribution is -0.152. The Bertz CT molecular complexity index is 818. The Morgan fingerprint density at radius 1 is 1.08 bits per heavy atom. The molecule has 0 N–H and O–H groups in total. The van der Waals surface area contributed by atoms with Crippen molar-refractivity contribution in [2.45, 2.75) is 24.5 Å². The van der Waals surface area contributed by atoms with Crippen LogP contribution < -0.4 is 4.74 Å². The average molecular weight is 363 g/mol. The third kappa shape index (κ3) is 5.04. The zero-order valence-electron chi connectivity index (χ0n) is 14.4. The second-order valence-electron chi connectivity index (χ2n) is 5.62. The molecule has 7 heteroatoms. The third-order valence-corrected chi connectivity index (χ3v) is 5.26. The molecule has 0 heterocycles. The molecule has 0 spiro atoms. The summed E-state index contributed by atoms with van der Waals surface area (Å²) in [5.74, 6) is 0.0516. The van der Waals surface area contributed by atoms with E-state index in [2.05, 4.69) is 0 Å². The summed E-state index contributed by atoms with van der Waals surface area (Å²) in [4.78, 5) is 12.2. The highest BCUT2D eigenvalue weighted by Gasteiger charge is 2.19. The van der Waals surface area contributed by atoms with Gasteiger partial charge in [0.1, 0.15) is 12.4 Å². The normalized spacial score (nSPS) is 12.6. The van der Waals surface area contributed by atoms with Crippen molar-refractivity contribution in [2.75, 3.05) is 14.1 Å². The monoisotopic (exact) mass is 363 g/mol. The van der Waals surface area contributed by atoms with E-state index in [1.165, 1.54) is 26.2 Å². The lowest BCUT2D eigenvalue weighted by Gasteiger charge is -2.15. The van der Waals surface area contributed by atoms with E-state index in [1.807, 2.05) is 18.2 Å². The van der Waals surface area contributed by atoms with Crippen LogP contribution in [0.2, 0.25) is 0 Å². The van der Waals surface area contributed by atoms with E-state index < -0.39 is 22.1 Å². The number of benzene rings is 2. The van der Waals surface area contributed by atoms with Crippen molar-refractivity contribution >= 4 is 16.0 Å². The molecule has 134 valence electrons. The lowest BCUT2D eigenvalue weighted by atomic mass is 10.2. The number of esters is 1. The summed E-state index contributed by atoms with van der Waals surface area (Å²) in [5, 5.41) is 0. The van der Waals surface area contributed by atoms with E-state index in [4.69, 9.17) is 9.47 Å². The van der Waals surface area contributed by atoms with Gasteiger partial charge in [-0.2, -0.15) is 0 Å². The highest BCUT2D eigenvalue weighted by Crippen LogP contribution is 2.16. The molecular weight excluding hydrogens is 342 g/mol. The second kappa shape index (κ2) is 8.13. The van der Waals surface area contributed by atoms with Crippen LogP contribution in [0.5, 0.6) is 5.75 Å². The highest BCUT2D eigenvalue weighted by molar-refractivity contribution is 7.89. The molecule has 6 nitrogen and oxygen atoms in total. The number of carbonyl (C=O) groups is 1. The zero-order valence-corrected chi connectivity index (χ0v) is 15.2. The van der Waals surface area contributed by atoms with Crippen LogP contribution in [0.1, 0.15) is 12.5 Å². The molecule has 2 aromatic carbocycles. The van der Waals surface area contributed by atoms with Crippen molar-refractivity contribution in [1.82, 2.24) is 4.31 Å². The Morgan fingerprint density at radius 2 is 1.76 bits per heavy atom. The van der Waals surface area contributed by atoms with E-state index in [0.29, 0.717) is 11.3 Å². The van der Waals surface area contributed by atoms with Gasteiger partial charge in [0, 0.05) is 14.1 Å². The molecular formula is C18H21NO5S. The van der Waals surface area contributed by atoms with E-state index in [-0.39, 0.29) is 11.5 Å². The van der Waals surface area contributed by atoms with Crippen LogP contribution in [0.3, 0.4) is 0 Å². The van der Waals surface area contributed by atoms with Crippen molar-refractivity contribution in [1.29, 1.82) is 0 Å². The van der Waals surface area contributed by atoms with Crippen LogP contribution in [0, 0.1) is 0 Å². The molecule has 0 aliphatic heterocycles. The standard InChI is InChI=1S/C18H21NO5S/c1-14(24-16-9-5-4-6-10-16)18(20)23-13-15-8-7-11-17(12-15)25(21,22)19(2)3/h4-12,14H,13H2,1-3H3/t14-/m0/s1. The van der Waals surface area contributed by atoms with Gasteiger partial charge in [0.05, 0.1) is 4.90 Å². The van der Waals surface area contributed by atoms with Gasteiger partial charge >= 0.3 is 5.97 Å². The van der Waals surface area contributed by atoms with Gasteiger partial charge in [0.25, 0.3) is 0 Å². The molecule has 1 atom stereocenters. The number of hydrogen-bond acceptors (Lipinski definition) is 5. The number of rotatable bonds is 7. The molecule has 0 aliphatic carbocycles. The van der Waals surface area contributed by atoms with Gasteiger partial charge in [-0.1, -0.05) is 30.3 Å². The van der Waals surface area contributed by atoms with E-state index >= 15 is 0 Å². The van der Waals surface area contributed by atoms with Gasteiger partial charge in [-0.05, 0) is 36.8 Å². The number of sulfonamides is 1. The number of carbonyl (C=O) groups excluding carboxylic acids is 1. The fraction of sp³-hybridized carbons (Fsp3) is 0.278. The minimum Gasteiger partial charge on any atom is -0.479 e. The van der Waals surface area contributed by atoms with Crippen molar-refractivity contribution < 1.29 is 22.7 Å². The summed E-state index contributed by atoms with van der Waals surface area (Å²) in [7, 11) is -0.601. The fourth-order valence-corrected chi connectivity index (χ4v) is 3.00. The predicted octanol–water partition coefficient (Wildman–Crippen LogP) is 2.45. The summed E-state index contributed by atoms with van der Waals surface area (Å²) in [6, 6.07) is 15.3. The number of para-hydroxylation sites is 1. The molecule has 0 fully saturated rings. The molecule has 0 unspecified atom stereocenters. The topological polar surface area (TPSA) is 72.9 Å². The maximum absolute atomic E-state index is 12.1. The van der Waals surface area contributed by atoms with E-state index in [9.17, 15) is 13.2 Å². The Hall–Kier alpha value is -2.38. The molecule has 2 aromatic rings. The van der Waals surface area contributed by atoms with Gasteiger partial charge in [-0.15, -0.1) is 0 Å². The first-order chi connectivity index (χ1) is 11.8. The van der Waals surface area contributed by atoms with Gasteiger partial charge in [0.15, 0.2) is 6.10 Å². The summed E-state index contributed by atoms with van der Waals surface area (Å²) in [6.07, 6.45) is -0.768. The number of ether oxygens (including phenoxy) is 2. The minimum absolute atomic E-state index is 0.0297. The van der Waals surface area contributed by atoms with Crippen LogP contribution in [0.15, 0.2) is 59.5 Å². The summed E-state index contributed by atoms with van der Waals surface area (Å²) in [6.45, 7) is 1.57. The lowest BCUT2D eigenvalue weighted by Crippen LogP contribution is -2.26. The smallest absolute Gasteiger partial charge is 0.347 e. The molecule has 0 saturated carbocycles. The van der Waals surface area contributed by atoms with Crippen molar-refractivity contribution in [3.05, 3.63) is 60.2 Å². The quantitative estimate of drug-likeness (QED) is 0.707. The van der Waals surface area contributed by atoms with E-state index in [0.717, 1.165) is 4.31 Å².